The van der Waals surface area contributed by atoms with Gasteiger partial charge in [0, 0.05) is 55.2 Å². The predicted octanol–water partition coefficient (Wildman–Crippen LogP) is 3.50. The van der Waals surface area contributed by atoms with Crippen molar-refractivity contribution in [1.29, 1.82) is 0 Å². The second-order valence-corrected chi connectivity index (χ2v) is 12.9. The highest BCUT2D eigenvalue weighted by molar-refractivity contribution is 7.93. The highest BCUT2D eigenvalue weighted by Crippen LogP contribution is 2.52. The molecule has 4 aromatic rings. The van der Waals surface area contributed by atoms with Gasteiger partial charge in [-0.3, -0.25) is 4.79 Å². The molecule has 1 unspecified atom stereocenters. The van der Waals surface area contributed by atoms with Gasteiger partial charge in [-0.1, -0.05) is 17.7 Å². The number of benzene rings is 2. The Hall–Kier alpha value is -5.35. The van der Waals surface area contributed by atoms with E-state index < -0.39 is 27.6 Å². The first-order valence-electron chi connectivity index (χ1n) is 14.8. The van der Waals surface area contributed by atoms with Gasteiger partial charge in [-0.2, -0.15) is 9.29 Å². The normalized spacial score (nSPS) is 17.4. The summed E-state index contributed by atoms with van der Waals surface area (Å²) in [5.41, 5.74) is -2.84. The van der Waals surface area contributed by atoms with Crippen LogP contribution in [0.4, 0.5) is 16.3 Å². The molecule has 256 valence electrons. The van der Waals surface area contributed by atoms with Crippen molar-refractivity contribution in [2.75, 3.05) is 63.8 Å². The van der Waals surface area contributed by atoms with Crippen molar-refractivity contribution >= 4 is 45.1 Å². The molecule has 2 aromatic carbocycles. The third-order valence-electron chi connectivity index (χ3n) is 8.17. The first-order chi connectivity index (χ1) is 23.6. The van der Waals surface area contributed by atoms with Crippen molar-refractivity contribution in [1.82, 2.24) is 19.9 Å². The number of nitrogens with zero attached hydrogens (tertiary/aromatic N) is 6. The fourth-order valence-corrected chi connectivity index (χ4v) is 7.54. The molecular weight excluding hydrogens is 680 g/mol. The van der Waals surface area contributed by atoms with Crippen LogP contribution in [-0.2, 0) is 25.2 Å². The Morgan fingerprint density at radius 2 is 1.65 bits per heavy atom. The van der Waals surface area contributed by atoms with E-state index in [2.05, 4.69) is 15.0 Å². The second-order valence-electron chi connectivity index (χ2n) is 10.7. The first kappa shape index (κ1) is 33.5. The number of amides is 2. The maximum atomic E-state index is 15.0. The molecule has 0 N–H and O–H groups in total. The molecule has 2 aromatic heterocycles. The van der Waals surface area contributed by atoms with E-state index in [1.165, 1.54) is 75.9 Å². The Morgan fingerprint density at radius 1 is 0.878 bits per heavy atom. The molecule has 0 radical (unpaired) electrons. The quantitative estimate of drug-likeness (QED) is 0.248. The summed E-state index contributed by atoms with van der Waals surface area (Å²) in [6.45, 7) is 1.26. The maximum Gasteiger partial charge on any atom is 0.411 e. The molecular formula is C32H31ClN6O9S. The number of pyridine rings is 1. The van der Waals surface area contributed by atoms with E-state index in [9.17, 15) is 13.2 Å². The monoisotopic (exact) mass is 710 g/mol. The SMILES string of the molecule is COc1ccc(S(=O)(=O)N2C(=O)C(OC(=O)N3CCN(c4ccccn4)CC3)(c3cnc(OC)nc3OC)c3cc(Cl)ccc32)c(OC)c1. The fourth-order valence-electron chi connectivity index (χ4n) is 5.77. The van der Waals surface area contributed by atoms with Gasteiger partial charge in [0.25, 0.3) is 21.5 Å². The summed E-state index contributed by atoms with van der Waals surface area (Å²) >= 11 is 6.47. The van der Waals surface area contributed by atoms with E-state index in [-0.39, 0.29) is 57.5 Å². The largest absolute Gasteiger partial charge is 0.497 e. The van der Waals surface area contributed by atoms with Crippen LogP contribution in [0, 0.1) is 0 Å². The second kappa shape index (κ2) is 13.3. The van der Waals surface area contributed by atoms with Crippen molar-refractivity contribution in [2.45, 2.75) is 10.5 Å². The number of fused-ring (bicyclic) bond motifs is 1. The molecule has 17 heteroatoms. The van der Waals surface area contributed by atoms with Gasteiger partial charge in [0.05, 0.1) is 39.7 Å². The Balaban J connectivity index is 1.49. The molecule has 2 aliphatic rings. The summed E-state index contributed by atoms with van der Waals surface area (Å²) in [7, 11) is 0.562. The van der Waals surface area contributed by atoms with Crippen LogP contribution in [0.25, 0.3) is 0 Å². The lowest BCUT2D eigenvalue weighted by Crippen LogP contribution is -2.53. The first-order valence-corrected chi connectivity index (χ1v) is 16.6. The van der Waals surface area contributed by atoms with Gasteiger partial charge in [-0.25, -0.2) is 23.2 Å². The minimum atomic E-state index is -4.76. The zero-order valence-corrected chi connectivity index (χ0v) is 28.4. The Kier molecular flexibility index (Phi) is 9.09. The highest BCUT2D eigenvalue weighted by Gasteiger charge is 2.61. The zero-order chi connectivity index (χ0) is 34.9. The Morgan fingerprint density at radius 3 is 2.31 bits per heavy atom. The maximum absolute atomic E-state index is 15.0. The molecule has 1 atom stereocenters. The number of carbonyl (C=O) groups excluding carboxylic acids is 2. The molecule has 6 rings (SSSR count). The Labute approximate surface area is 286 Å². The van der Waals surface area contributed by atoms with Crippen LogP contribution in [-0.4, -0.2) is 94.9 Å². The van der Waals surface area contributed by atoms with Gasteiger partial charge in [-0.05, 0) is 42.5 Å². The van der Waals surface area contributed by atoms with Crippen LogP contribution in [0.3, 0.4) is 0 Å². The number of hydrogen-bond acceptors (Lipinski definition) is 13. The number of ether oxygens (including phenoxy) is 5. The zero-order valence-electron chi connectivity index (χ0n) is 26.8. The molecule has 2 aliphatic heterocycles. The van der Waals surface area contributed by atoms with Crippen molar-refractivity contribution in [3.05, 3.63) is 83.1 Å². The van der Waals surface area contributed by atoms with Gasteiger partial charge in [-0.15, -0.1) is 0 Å². The molecule has 1 saturated heterocycles. The summed E-state index contributed by atoms with van der Waals surface area (Å²) in [4.78, 5) is 44.9. The van der Waals surface area contributed by atoms with Crippen LogP contribution in [0.2, 0.25) is 5.02 Å². The number of piperazine rings is 1. The van der Waals surface area contributed by atoms with Gasteiger partial charge < -0.3 is 33.5 Å². The lowest BCUT2D eigenvalue weighted by Gasteiger charge is -2.37. The van der Waals surface area contributed by atoms with E-state index >= 15 is 4.79 Å². The summed E-state index contributed by atoms with van der Waals surface area (Å²) in [5, 5.41) is 0.130. The summed E-state index contributed by atoms with van der Waals surface area (Å²) in [6.07, 6.45) is 1.96. The number of halogens is 1. The summed E-state index contributed by atoms with van der Waals surface area (Å²) in [5.74, 6) is -0.401. The number of aromatic nitrogens is 3. The van der Waals surface area contributed by atoms with Crippen molar-refractivity contribution in [2.24, 2.45) is 0 Å². The minimum absolute atomic E-state index is 0.0615. The standard InChI is InChI=1S/C32H31ClN6O9S/c1-44-21-9-11-26(25(18-21)45-2)49(42,43)39-24-10-8-20(33)17-22(24)32(29(39)40,23-19-35-30(47-4)36-28(23)46-3)48-31(41)38-15-13-37(14-16-38)27-7-5-6-12-34-27/h5-12,17-19H,13-16H2,1-4H3. The Bertz CT molecular complexity index is 2010. The van der Waals surface area contributed by atoms with E-state index in [1.807, 2.05) is 23.1 Å². The molecule has 1 fully saturated rings. The molecule has 0 saturated carbocycles. The van der Waals surface area contributed by atoms with Crippen LogP contribution in [0.5, 0.6) is 23.4 Å². The molecule has 0 spiro atoms. The third kappa shape index (κ3) is 5.76. The van der Waals surface area contributed by atoms with Gasteiger partial charge in [0.2, 0.25) is 5.88 Å². The average molecular weight is 711 g/mol. The molecule has 4 heterocycles. The molecule has 2 amide bonds. The van der Waals surface area contributed by atoms with E-state index in [1.54, 1.807) is 6.20 Å². The third-order valence-corrected chi connectivity index (χ3v) is 10.1. The number of hydrogen-bond donors (Lipinski definition) is 0. The molecule has 15 nitrogen and oxygen atoms in total. The van der Waals surface area contributed by atoms with Crippen LogP contribution < -0.4 is 28.2 Å². The number of methoxy groups -OCH3 is 4. The summed E-state index contributed by atoms with van der Waals surface area (Å²) in [6, 6.07) is 13.6. The highest BCUT2D eigenvalue weighted by atomic mass is 35.5. The van der Waals surface area contributed by atoms with Crippen molar-refractivity contribution in [3.8, 4) is 23.4 Å². The van der Waals surface area contributed by atoms with Crippen LogP contribution >= 0.6 is 11.6 Å². The lowest BCUT2D eigenvalue weighted by molar-refractivity contribution is -0.132. The van der Waals surface area contributed by atoms with Gasteiger partial charge in [0.15, 0.2) is 0 Å². The molecule has 0 bridgehead atoms. The van der Waals surface area contributed by atoms with E-state index in [4.69, 9.17) is 35.3 Å². The average Bonchev–Trinajstić information content (AvgIpc) is 3.38. The minimum Gasteiger partial charge on any atom is -0.497 e. The fraction of sp³-hybridized carbons (Fsp3) is 0.281. The van der Waals surface area contributed by atoms with Crippen LogP contribution in [0.15, 0.2) is 71.9 Å². The van der Waals surface area contributed by atoms with E-state index in [0.717, 1.165) is 5.82 Å². The van der Waals surface area contributed by atoms with Crippen LogP contribution in [0.1, 0.15) is 11.1 Å². The lowest BCUT2D eigenvalue weighted by atomic mass is 9.88. The van der Waals surface area contributed by atoms with E-state index in [0.29, 0.717) is 23.1 Å². The topological polar surface area (TPSA) is 163 Å². The number of anilines is 2. The van der Waals surface area contributed by atoms with Crippen molar-refractivity contribution < 1.29 is 41.7 Å². The van der Waals surface area contributed by atoms with Gasteiger partial charge in [0.1, 0.15) is 22.2 Å². The summed E-state index contributed by atoms with van der Waals surface area (Å²) < 4.78 is 57.1. The number of carbonyl (C=O) groups is 2. The molecule has 49 heavy (non-hydrogen) atoms. The molecule has 0 aliphatic carbocycles. The predicted molar refractivity (Wildman–Crippen MR) is 176 cm³/mol. The number of sulfonamides is 1. The van der Waals surface area contributed by atoms with Crippen molar-refractivity contribution in [3.63, 3.8) is 0 Å². The smallest absolute Gasteiger partial charge is 0.411 e. The van der Waals surface area contributed by atoms with Gasteiger partial charge >= 0.3 is 12.1 Å². The number of rotatable bonds is 9.